The molecule has 1 aliphatic rings. The van der Waals surface area contributed by atoms with Gasteiger partial charge >= 0.3 is 0 Å². The van der Waals surface area contributed by atoms with Crippen molar-refractivity contribution in [2.24, 2.45) is 0 Å². The summed E-state index contributed by atoms with van der Waals surface area (Å²) >= 11 is 3.38. The van der Waals surface area contributed by atoms with Crippen LogP contribution in [0.2, 0.25) is 0 Å². The van der Waals surface area contributed by atoms with Crippen LogP contribution in [0, 0.1) is 12.7 Å². The molecule has 1 heterocycles. The van der Waals surface area contributed by atoms with Gasteiger partial charge in [0.25, 0.3) is 11.7 Å². The smallest absolute Gasteiger partial charge is 0.300 e. The SMILES string of the molecule is Cc1ccc(C(O)=C2C(=O)C(=O)N(c3ccc(F)cc3)C2c2ccc(Br)cc2)cc1. The number of aryl methyl sites for hydroxylation is 1. The molecule has 4 nitrogen and oxygen atoms in total. The lowest BCUT2D eigenvalue weighted by molar-refractivity contribution is -0.132. The first-order valence-corrected chi connectivity index (χ1v) is 10.0. The van der Waals surface area contributed by atoms with Crippen molar-refractivity contribution in [2.75, 3.05) is 4.90 Å². The molecule has 1 unspecified atom stereocenters. The lowest BCUT2D eigenvalue weighted by Gasteiger charge is -2.25. The second-order valence-electron chi connectivity index (χ2n) is 7.06. The van der Waals surface area contributed by atoms with Crippen LogP contribution in [0.25, 0.3) is 5.76 Å². The van der Waals surface area contributed by atoms with Gasteiger partial charge in [0.15, 0.2) is 0 Å². The van der Waals surface area contributed by atoms with Gasteiger partial charge in [0.1, 0.15) is 11.6 Å². The molecule has 0 bridgehead atoms. The number of benzene rings is 3. The fourth-order valence-corrected chi connectivity index (χ4v) is 3.79. The lowest BCUT2D eigenvalue weighted by Crippen LogP contribution is -2.29. The summed E-state index contributed by atoms with van der Waals surface area (Å²) in [6.45, 7) is 1.92. The highest BCUT2D eigenvalue weighted by Gasteiger charge is 2.46. The Hall–Kier alpha value is -3.25. The Morgan fingerprint density at radius 3 is 2.13 bits per heavy atom. The van der Waals surface area contributed by atoms with E-state index in [0.717, 1.165) is 10.0 Å². The van der Waals surface area contributed by atoms with E-state index in [1.54, 1.807) is 36.4 Å². The molecule has 150 valence electrons. The summed E-state index contributed by atoms with van der Waals surface area (Å²) in [5.74, 6) is -2.26. The Balaban J connectivity index is 1.93. The molecule has 0 radical (unpaired) electrons. The van der Waals surface area contributed by atoms with Crippen molar-refractivity contribution in [3.8, 4) is 0 Å². The zero-order valence-electron chi connectivity index (χ0n) is 16.0. The number of rotatable bonds is 3. The zero-order valence-corrected chi connectivity index (χ0v) is 17.6. The maximum atomic E-state index is 13.4. The lowest BCUT2D eigenvalue weighted by atomic mass is 9.95. The standard InChI is InChI=1S/C24H17BrFNO3/c1-14-2-4-16(5-3-14)22(28)20-21(15-6-8-17(25)9-7-15)27(24(30)23(20)29)19-12-10-18(26)11-13-19/h2-13,21,28H,1H3. The topological polar surface area (TPSA) is 57.6 Å². The van der Waals surface area contributed by atoms with E-state index < -0.39 is 23.5 Å². The van der Waals surface area contributed by atoms with Gasteiger partial charge in [0.05, 0.1) is 11.6 Å². The number of carbonyl (C=O) groups is 2. The molecule has 3 aromatic carbocycles. The van der Waals surface area contributed by atoms with Crippen molar-refractivity contribution >= 4 is 39.1 Å². The van der Waals surface area contributed by atoms with Crippen molar-refractivity contribution in [1.82, 2.24) is 0 Å². The maximum absolute atomic E-state index is 13.4. The van der Waals surface area contributed by atoms with E-state index in [0.29, 0.717) is 16.8 Å². The Kier molecular flexibility index (Phi) is 5.26. The summed E-state index contributed by atoms with van der Waals surface area (Å²) in [5, 5.41) is 11.0. The van der Waals surface area contributed by atoms with Gasteiger partial charge in [-0.1, -0.05) is 57.9 Å². The molecule has 1 fully saturated rings. The molecule has 0 aromatic heterocycles. The second kappa shape index (κ2) is 7.88. The third-order valence-corrected chi connectivity index (χ3v) is 5.59. The molecule has 1 N–H and O–H groups in total. The highest BCUT2D eigenvalue weighted by Crippen LogP contribution is 2.42. The molecule has 1 saturated heterocycles. The minimum atomic E-state index is -0.843. The zero-order chi connectivity index (χ0) is 21.4. The van der Waals surface area contributed by atoms with Crippen molar-refractivity contribution in [2.45, 2.75) is 13.0 Å². The van der Waals surface area contributed by atoms with Crippen molar-refractivity contribution in [3.05, 3.63) is 105 Å². The maximum Gasteiger partial charge on any atom is 0.300 e. The predicted octanol–water partition coefficient (Wildman–Crippen LogP) is 5.52. The van der Waals surface area contributed by atoms with Crippen LogP contribution in [-0.2, 0) is 9.59 Å². The molecular weight excluding hydrogens is 449 g/mol. The van der Waals surface area contributed by atoms with Crippen LogP contribution in [-0.4, -0.2) is 16.8 Å². The predicted molar refractivity (Wildman–Crippen MR) is 117 cm³/mol. The molecule has 1 amide bonds. The molecule has 6 heteroatoms. The summed E-state index contributed by atoms with van der Waals surface area (Å²) < 4.78 is 14.3. The Bertz CT molecular complexity index is 1150. The second-order valence-corrected chi connectivity index (χ2v) is 7.98. The highest BCUT2D eigenvalue weighted by atomic mass is 79.9. The molecule has 1 aliphatic heterocycles. The summed E-state index contributed by atoms with van der Waals surface area (Å²) in [6, 6.07) is 18.7. The quantitative estimate of drug-likeness (QED) is 0.314. The fourth-order valence-electron chi connectivity index (χ4n) is 3.53. The Morgan fingerprint density at radius 2 is 1.53 bits per heavy atom. The first kappa shape index (κ1) is 20.0. The minimum absolute atomic E-state index is 0.00417. The van der Waals surface area contributed by atoms with Gasteiger partial charge in [-0.05, 0) is 48.9 Å². The first-order valence-electron chi connectivity index (χ1n) is 9.26. The van der Waals surface area contributed by atoms with Crippen LogP contribution in [0.15, 0.2) is 82.8 Å². The number of carbonyl (C=O) groups excluding carboxylic acids is 2. The van der Waals surface area contributed by atoms with Gasteiger partial charge in [0, 0.05) is 15.7 Å². The van der Waals surface area contributed by atoms with Gasteiger partial charge in [-0.3, -0.25) is 14.5 Å². The average molecular weight is 466 g/mol. The summed E-state index contributed by atoms with van der Waals surface area (Å²) in [6.07, 6.45) is 0. The number of anilines is 1. The van der Waals surface area contributed by atoms with Crippen molar-refractivity contribution in [3.63, 3.8) is 0 Å². The molecule has 0 aliphatic carbocycles. The molecule has 0 saturated carbocycles. The molecule has 3 aromatic rings. The van der Waals surface area contributed by atoms with Crippen LogP contribution in [0.1, 0.15) is 22.7 Å². The normalized spacial score (nSPS) is 18.1. The first-order chi connectivity index (χ1) is 14.4. The van der Waals surface area contributed by atoms with Gasteiger partial charge in [-0.15, -0.1) is 0 Å². The number of halogens is 2. The van der Waals surface area contributed by atoms with E-state index in [-0.39, 0.29) is 11.3 Å². The molecule has 30 heavy (non-hydrogen) atoms. The number of Topliss-reactive ketones (excluding diaryl/α,β-unsaturated/α-hetero) is 1. The molecule has 0 spiro atoms. The van der Waals surface area contributed by atoms with E-state index >= 15 is 0 Å². The summed E-state index contributed by atoms with van der Waals surface area (Å²) in [5.41, 5.74) is 2.46. The number of nitrogens with zero attached hydrogens (tertiary/aromatic N) is 1. The van der Waals surface area contributed by atoms with Gasteiger partial charge in [-0.2, -0.15) is 0 Å². The van der Waals surface area contributed by atoms with Crippen LogP contribution in [0.5, 0.6) is 0 Å². The number of aliphatic hydroxyl groups is 1. The Morgan fingerprint density at radius 1 is 0.933 bits per heavy atom. The van der Waals surface area contributed by atoms with Gasteiger partial charge in [-0.25, -0.2) is 4.39 Å². The van der Waals surface area contributed by atoms with Crippen LogP contribution < -0.4 is 4.90 Å². The largest absolute Gasteiger partial charge is 0.507 e. The van der Waals surface area contributed by atoms with E-state index in [2.05, 4.69) is 15.9 Å². The fraction of sp³-hybridized carbons (Fsp3) is 0.0833. The highest BCUT2D eigenvalue weighted by molar-refractivity contribution is 9.10. The average Bonchev–Trinajstić information content (AvgIpc) is 3.00. The van der Waals surface area contributed by atoms with Gasteiger partial charge < -0.3 is 5.11 Å². The third-order valence-electron chi connectivity index (χ3n) is 5.06. The number of hydrogen-bond donors (Lipinski definition) is 1. The Labute approximate surface area is 181 Å². The molecular formula is C24H17BrFNO3. The number of aliphatic hydroxyl groups excluding tert-OH is 1. The summed E-state index contributed by atoms with van der Waals surface area (Å²) in [7, 11) is 0. The monoisotopic (exact) mass is 465 g/mol. The number of hydrogen-bond acceptors (Lipinski definition) is 3. The van der Waals surface area contributed by atoms with Crippen LogP contribution in [0.3, 0.4) is 0 Å². The minimum Gasteiger partial charge on any atom is -0.507 e. The molecule has 1 atom stereocenters. The van der Waals surface area contributed by atoms with E-state index in [4.69, 9.17) is 0 Å². The van der Waals surface area contributed by atoms with Crippen LogP contribution in [0.4, 0.5) is 10.1 Å². The van der Waals surface area contributed by atoms with Crippen LogP contribution >= 0.6 is 15.9 Å². The van der Waals surface area contributed by atoms with Crippen molar-refractivity contribution in [1.29, 1.82) is 0 Å². The van der Waals surface area contributed by atoms with E-state index in [1.807, 2.05) is 19.1 Å². The van der Waals surface area contributed by atoms with E-state index in [1.165, 1.54) is 29.2 Å². The number of ketones is 1. The van der Waals surface area contributed by atoms with Gasteiger partial charge in [0.2, 0.25) is 0 Å². The van der Waals surface area contributed by atoms with Crippen molar-refractivity contribution < 1.29 is 19.1 Å². The third kappa shape index (κ3) is 3.55. The van der Waals surface area contributed by atoms with E-state index in [9.17, 15) is 19.1 Å². The molecule has 4 rings (SSSR count). The number of amides is 1. The summed E-state index contributed by atoms with van der Waals surface area (Å²) in [4.78, 5) is 27.3.